The summed E-state index contributed by atoms with van der Waals surface area (Å²) in [6.07, 6.45) is 1.10. The van der Waals surface area contributed by atoms with Crippen LogP contribution in [0.3, 0.4) is 0 Å². The summed E-state index contributed by atoms with van der Waals surface area (Å²) < 4.78 is 21.3. The Hall–Kier alpha value is -1.40. The van der Waals surface area contributed by atoms with Crippen molar-refractivity contribution in [3.63, 3.8) is 0 Å². The van der Waals surface area contributed by atoms with Crippen molar-refractivity contribution in [3.05, 3.63) is 35.9 Å². The maximum atomic E-state index is 12.8. The Balaban J connectivity index is 2.19. The molecule has 1 aliphatic heterocycles. The molecule has 1 fully saturated rings. The lowest BCUT2D eigenvalue weighted by Crippen LogP contribution is -2.55. The molecular weight excluding hydrogens is 348 g/mol. The van der Waals surface area contributed by atoms with Crippen LogP contribution < -0.4 is 4.72 Å². The first kappa shape index (κ1) is 20.9. The van der Waals surface area contributed by atoms with E-state index >= 15 is 0 Å². The molecule has 6 heteroatoms. The summed E-state index contributed by atoms with van der Waals surface area (Å²) in [6.45, 7) is 12.6. The molecule has 0 aliphatic carbocycles. The summed E-state index contributed by atoms with van der Waals surface area (Å²) >= 11 is 0. The predicted molar refractivity (Wildman–Crippen MR) is 106 cm³/mol. The van der Waals surface area contributed by atoms with E-state index in [4.69, 9.17) is 4.74 Å². The van der Waals surface area contributed by atoms with Gasteiger partial charge < -0.3 is 9.64 Å². The average molecular weight is 381 g/mol. The predicted octanol–water partition coefficient (Wildman–Crippen LogP) is 3.96. The normalized spacial score (nSPS) is 19.1. The molecule has 1 saturated heterocycles. The van der Waals surface area contributed by atoms with Gasteiger partial charge in [-0.25, -0.2) is 13.7 Å². The number of hydrogen-bond acceptors (Lipinski definition) is 3. The van der Waals surface area contributed by atoms with Crippen LogP contribution in [0.2, 0.25) is 0 Å². The third-order valence-electron chi connectivity index (χ3n) is 4.44. The van der Waals surface area contributed by atoms with Gasteiger partial charge in [0.1, 0.15) is 5.60 Å². The first-order chi connectivity index (χ1) is 11.9. The zero-order valence-corrected chi connectivity index (χ0v) is 17.6. The van der Waals surface area contributed by atoms with Crippen LogP contribution in [0.15, 0.2) is 30.3 Å². The quantitative estimate of drug-likeness (QED) is 0.863. The number of hydrogen-bond donors (Lipinski definition) is 1. The Morgan fingerprint density at radius 3 is 2.08 bits per heavy atom. The number of piperidine rings is 1. The monoisotopic (exact) mass is 380 g/mol. The standard InChI is InChI=1S/C20H32N2O3S/c1-18(2,3)25-17(23)22-14-12-20(13-15-22,16-10-8-7-9-11-16)21-26(24)19(4,5)6/h7-11,21H,12-15H2,1-6H3. The summed E-state index contributed by atoms with van der Waals surface area (Å²) in [5.41, 5.74) is 0.205. The molecule has 1 amide bonds. The number of nitrogens with zero attached hydrogens (tertiary/aromatic N) is 1. The fraction of sp³-hybridized carbons (Fsp3) is 0.650. The third kappa shape index (κ3) is 5.30. The van der Waals surface area contributed by atoms with Gasteiger partial charge >= 0.3 is 6.09 Å². The molecule has 0 saturated carbocycles. The first-order valence-corrected chi connectivity index (χ1v) is 10.3. The molecular formula is C20H32N2O3S. The topological polar surface area (TPSA) is 58.6 Å². The smallest absolute Gasteiger partial charge is 0.410 e. The van der Waals surface area contributed by atoms with Crippen LogP contribution in [0.25, 0.3) is 0 Å². The second kappa shape index (κ2) is 7.69. The highest BCUT2D eigenvalue weighted by atomic mass is 32.2. The number of likely N-dealkylation sites (tertiary alicyclic amines) is 1. The lowest BCUT2D eigenvalue weighted by molar-refractivity contribution is 0.0158. The van der Waals surface area contributed by atoms with Crippen molar-refractivity contribution in [1.29, 1.82) is 0 Å². The molecule has 2 rings (SSSR count). The van der Waals surface area contributed by atoms with Crippen LogP contribution in [-0.4, -0.2) is 38.6 Å². The third-order valence-corrected chi connectivity index (χ3v) is 6.13. The highest BCUT2D eigenvalue weighted by Gasteiger charge is 2.41. The van der Waals surface area contributed by atoms with E-state index in [1.165, 1.54) is 0 Å². The van der Waals surface area contributed by atoms with Gasteiger partial charge in [-0.3, -0.25) is 0 Å². The molecule has 146 valence electrons. The minimum atomic E-state index is -1.20. The number of ether oxygens (including phenoxy) is 1. The number of nitrogens with one attached hydrogen (secondary N) is 1. The summed E-state index contributed by atoms with van der Waals surface area (Å²) in [7, 11) is -1.20. The first-order valence-electron chi connectivity index (χ1n) is 9.16. The van der Waals surface area contributed by atoms with Crippen molar-refractivity contribution in [3.8, 4) is 0 Å². The Kier molecular flexibility index (Phi) is 6.18. The van der Waals surface area contributed by atoms with Gasteiger partial charge in [-0.05, 0) is 59.9 Å². The van der Waals surface area contributed by atoms with E-state index in [0.29, 0.717) is 25.9 Å². The van der Waals surface area contributed by atoms with Crippen LogP contribution in [0.5, 0.6) is 0 Å². The van der Waals surface area contributed by atoms with Crippen LogP contribution in [-0.2, 0) is 21.3 Å². The molecule has 26 heavy (non-hydrogen) atoms. The molecule has 5 nitrogen and oxygen atoms in total. The van der Waals surface area contributed by atoms with Crippen molar-refractivity contribution >= 4 is 17.1 Å². The van der Waals surface area contributed by atoms with Gasteiger partial charge in [-0.1, -0.05) is 30.3 Å². The number of rotatable bonds is 3. The van der Waals surface area contributed by atoms with E-state index < -0.39 is 22.1 Å². The Morgan fingerprint density at radius 1 is 1.08 bits per heavy atom. The molecule has 1 aromatic rings. The van der Waals surface area contributed by atoms with E-state index in [2.05, 4.69) is 16.9 Å². The Bertz CT molecular complexity index is 639. The number of amides is 1. The number of carbonyl (C=O) groups is 1. The molecule has 1 atom stereocenters. The summed E-state index contributed by atoms with van der Waals surface area (Å²) in [5.74, 6) is 0. The van der Waals surface area contributed by atoms with E-state index in [1.54, 1.807) is 4.90 Å². The summed E-state index contributed by atoms with van der Waals surface area (Å²) in [6, 6.07) is 10.1. The van der Waals surface area contributed by atoms with Gasteiger partial charge in [-0.15, -0.1) is 0 Å². The van der Waals surface area contributed by atoms with Crippen LogP contribution >= 0.6 is 0 Å². The maximum Gasteiger partial charge on any atom is 0.410 e. The fourth-order valence-corrected chi connectivity index (χ4v) is 3.92. The second-order valence-electron chi connectivity index (χ2n) is 8.90. The van der Waals surface area contributed by atoms with Crippen molar-refractivity contribution in [1.82, 2.24) is 9.62 Å². The molecule has 0 radical (unpaired) electrons. The molecule has 1 aromatic carbocycles. The number of carbonyl (C=O) groups excluding carboxylic acids is 1. The largest absolute Gasteiger partial charge is 0.444 e. The van der Waals surface area contributed by atoms with Crippen molar-refractivity contribution in [2.75, 3.05) is 13.1 Å². The highest BCUT2D eigenvalue weighted by Crippen LogP contribution is 2.35. The van der Waals surface area contributed by atoms with Crippen molar-refractivity contribution < 1.29 is 13.7 Å². The SMILES string of the molecule is CC(C)(C)OC(=O)N1CCC(NS(=O)C(C)(C)C)(c2ccccc2)CC1. The molecule has 0 spiro atoms. The van der Waals surface area contributed by atoms with E-state index in [1.807, 2.05) is 59.7 Å². The van der Waals surface area contributed by atoms with Crippen LogP contribution in [0.1, 0.15) is 59.9 Å². The van der Waals surface area contributed by atoms with Crippen molar-refractivity contribution in [2.45, 2.75) is 70.3 Å². The zero-order valence-electron chi connectivity index (χ0n) is 16.8. The lowest BCUT2D eigenvalue weighted by atomic mass is 9.82. The molecule has 1 unspecified atom stereocenters. The summed E-state index contributed by atoms with van der Waals surface area (Å²) in [4.78, 5) is 14.1. The molecule has 0 aromatic heterocycles. The molecule has 1 N–H and O–H groups in total. The Labute approximate surface area is 160 Å². The molecule has 0 bridgehead atoms. The highest BCUT2D eigenvalue weighted by molar-refractivity contribution is 7.84. The van der Waals surface area contributed by atoms with E-state index in [0.717, 1.165) is 5.56 Å². The molecule has 1 heterocycles. The Morgan fingerprint density at radius 2 is 1.62 bits per heavy atom. The second-order valence-corrected chi connectivity index (χ2v) is 10.9. The van der Waals surface area contributed by atoms with Gasteiger partial charge in [0.25, 0.3) is 0 Å². The minimum absolute atomic E-state index is 0.281. The van der Waals surface area contributed by atoms with E-state index in [-0.39, 0.29) is 10.8 Å². The van der Waals surface area contributed by atoms with E-state index in [9.17, 15) is 9.00 Å². The van der Waals surface area contributed by atoms with Gasteiger partial charge in [0.2, 0.25) is 0 Å². The van der Waals surface area contributed by atoms with Crippen molar-refractivity contribution in [2.24, 2.45) is 0 Å². The average Bonchev–Trinajstić information content (AvgIpc) is 2.53. The lowest BCUT2D eigenvalue weighted by Gasteiger charge is -2.43. The van der Waals surface area contributed by atoms with Crippen LogP contribution in [0.4, 0.5) is 4.79 Å². The van der Waals surface area contributed by atoms with Gasteiger partial charge in [-0.2, -0.15) is 0 Å². The summed E-state index contributed by atoms with van der Waals surface area (Å²) in [5, 5.41) is 0. The van der Waals surface area contributed by atoms with Gasteiger partial charge in [0, 0.05) is 13.1 Å². The minimum Gasteiger partial charge on any atom is -0.444 e. The maximum absolute atomic E-state index is 12.8. The number of benzene rings is 1. The molecule has 1 aliphatic rings. The van der Waals surface area contributed by atoms with Gasteiger partial charge in [0.15, 0.2) is 0 Å². The zero-order chi connectivity index (χ0) is 19.6. The van der Waals surface area contributed by atoms with Crippen LogP contribution in [0, 0.1) is 0 Å². The van der Waals surface area contributed by atoms with Gasteiger partial charge in [0.05, 0.1) is 21.3 Å². The fourth-order valence-electron chi connectivity index (χ4n) is 2.93.